The molecule has 1 saturated carbocycles. The van der Waals surface area contributed by atoms with Crippen molar-refractivity contribution in [3.8, 4) is 6.07 Å². The Bertz CT molecular complexity index is 397. The van der Waals surface area contributed by atoms with Crippen LogP contribution in [0.4, 0.5) is 0 Å². The summed E-state index contributed by atoms with van der Waals surface area (Å²) < 4.78 is 0. The van der Waals surface area contributed by atoms with Crippen LogP contribution in [0.2, 0.25) is 0 Å². The molecular weight excluding hydrogens is 228 g/mol. The number of nitriles is 1. The third kappa shape index (κ3) is 3.07. The summed E-state index contributed by atoms with van der Waals surface area (Å²) in [6.45, 7) is 2.18. The van der Waals surface area contributed by atoms with Gasteiger partial charge < -0.3 is 0 Å². The summed E-state index contributed by atoms with van der Waals surface area (Å²) in [4.78, 5) is 6.03. The van der Waals surface area contributed by atoms with Crippen molar-refractivity contribution in [1.29, 1.82) is 5.26 Å². The number of rotatable bonds is 4. The highest BCUT2D eigenvalue weighted by molar-refractivity contribution is 7.11. The van der Waals surface area contributed by atoms with E-state index < -0.39 is 0 Å². The second kappa shape index (κ2) is 6.16. The number of hydrogen-bond donors (Lipinski definition) is 0. The summed E-state index contributed by atoms with van der Waals surface area (Å²) >= 11 is 1.80. The van der Waals surface area contributed by atoms with Crippen LogP contribution in [-0.4, -0.2) is 4.98 Å². The second-order valence-electron chi connectivity index (χ2n) is 4.84. The molecule has 17 heavy (non-hydrogen) atoms. The molecule has 1 aliphatic carbocycles. The van der Waals surface area contributed by atoms with Gasteiger partial charge in [-0.2, -0.15) is 5.26 Å². The molecule has 0 atom stereocenters. The lowest BCUT2D eigenvalue weighted by Gasteiger charge is -2.18. The van der Waals surface area contributed by atoms with E-state index in [0.717, 1.165) is 12.8 Å². The summed E-state index contributed by atoms with van der Waals surface area (Å²) in [6.07, 6.45) is 9.36. The highest BCUT2D eigenvalue weighted by Gasteiger charge is 2.20. The Labute approximate surface area is 108 Å². The molecule has 1 fully saturated rings. The molecule has 0 spiro atoms. The lowest BCUT2D eigenvalue weighted by Crippen LogP contribution is -2.04. The molecule has 0 saturated heterocycles. The minimum absolute atomic E-state index is 0.541. The lowest BCUT2D eigenvalue weighted by molar-refractivity contribution is 0.442. The monoisotopic (exact) mass is 248 g/mol. The van der Waals surface area contributed by atoms with Crippen LogP contribution in [0.15, 0.2) is 0 Å². The molecule has 2 nitrogen and oxygen atoms in total. The number of nitrogens with zero attached hydrogens (tertiary/aromatic N) is 2. The van der Waals surface area contributed by atoms with E-state index in [1.807, 2.05) is 0 Å². The van der Waals surface area contributed by atoms with Crippen molar-refractivity contribution in [1.82, 2.24) is 4.98 Å². The minimum atomic E-state index is 0.541. The molecule has 0 radical (unpaired) electrons. The van der Waals surface area contributed by atoms with Gasteiger partial charge in [0.05, 0.1) is 23.2 Å². The zero-order valence-corrected chi connectivity index (χ0v) is 11.4. The van der Waals surface area contributed by atoms with E-state index in [9.17, 15) is 0 Å². The number of aromatic nitrogens is 1. The fraction of sp³-hybridized carbons (Fsp3) is 0.714. The largest absolute Gasteiger partial charge is 0.246 e. The number of hydrogen-bond acceptors (Lipinski definition) is 3. The molecule has 92 valence electrons. The molecule has 1 aromatic rings. The Morgan fingerprint density at radius 2 is 2.12 bits per heavy atom. The SMILES string of the molecule is CCCc1nc(C2CCCCC2)sc1CC#N. The van der Waals surface area contributed by atoms with Crippen LogP contribution in [0, 0.1) is 11.3 Å². The zero-order valence-electron chi connectivity index (χ0n) is 10.5. The predicted molar refractivity (Wildman–Crippen MR) is 71.3 cm³/mol. The molecule has 1 aliphatic rings. The predicted octanol–water partition coefficient (Wildman–Crippen LogP) is 4.21. The Morgan fingerprint density at radius 1 is 1.35 bits per heavy atom. The third-order valence-electron chi connectivity index (χ3n) is 3.48. The Kier molecular flexibility index (Phi) is 4.56. The Morgan fingerprint density at radius 3 is 2.76 bits per heavy atom. The average molecular weight is 248 g/mol. The van der Waals surface area contributed by atoms with Gasteiger partial charge in [0.25, 0.3) is 0 Å². The molecular formula is C14H20N2S. The van der Waals surface area contributed by atoms with Gasteiger partial charge in [0.2, 0.25) is 0 Å². The van der Waals surface area contributed by atoms with E-state index in [1.54, 1.807) is 11.3 Å². The highest BCUT2D eigenvalue weighted by atomic mass is 32.1. The van der Waals surface area contributed by atoms with Crippen molar-refractivity contribution in [3.63, 3.8) is 0 Å². The Balaban J connectivity index is 2.16. The molecule has 3 heteroatoms. The molecule has 1 aromatic heterocycles. The van der Waals surface area contributed by atoms with Crippen LogP contribution in [0.25, 0.3) is 0 Å². The van der Waals surface area contributed by atoms with Crippen LogP contribution < -0.4 is 0 Å². The van der Waals surface area contributed by atoms with E-state index in [1.165, 1.54) is 47.7 Å². The molecule has 1 heterocycles. The quantitative estimate of drug-likeness (QED) is 0.800. The molecule has 0 unspecified atom stereocenters. The minimum Gasteiger partial charge on any atom is -0.246 e. The van der Waals surface area contributed by atoms with Gasteiger partial charge in [-0.25, -0.2) is 4.98 Å². The number of aryl methyl sites for hydroxylation is 1. The van der Waals surface area contributed by atoms with E-state index >= 15 is 0 Å². The molecule has 0 aliphatic heterocycles. The molecule has 0 bridgehead atoms. The molecule has 0 aromatic carbocycles. The van der Waals surface area contributed by atoms with Gasteiger partial charge in [-0.05, 0) is 19.3 Å². The summed E-state index contributed by atoms with van der Waals surface area (Å²) in [6, 6.07) is 2.27. The summed E-state index contributed by atoms with van der Waals surface area (Å²) in [5.41, 5.74) is 1.19. The molecule has 0 amide bonds. The van der Waals surface area contributed by atoms with E-state index in [0.29, 0.717) is 12.3 Å². The van der Waals surface area contributed by atoms with Gasteiger partial charge in [-0.3, -0.25) is 0 Å². The van der Waals surface area contributed by atoms with Crippen molar-refractivity contribution < 1.29 is 0 Å². The van der Waals surface area contributed by atoms with E-state index in [4.69, 9.17) is 10.2 Å². The van der Waals surface area contributed by atoms with Gasteiger partial charge in [0, 0.05) is 10.8 Å². The van der Waals surface area contributed by atoms with Gasteiger partial charge in [0.15, 0.2) is 0 Å². The van der Waals surface area contributed by atoms with E-state index in [-0.39, 0.29) is 0 Å². The first-order valence-electron chi connectivity index (χ1n) is 6.70. The van der Waals surface area contributed by atoms with Gasteiger partial charge in [-0.1, -0.05) is 32.6 Å². The van der Waals surface area contributed by atoms with Crippen LogP contribution in [0.1, 0.15) is 66.9 Å². The fourth-order valence-electron chi connectivity index (χ4n) is 2.57. The summed E-state index contributed by atoms with van der Waals surface area (Å²) in [5, 5.41) is 10.2. The van der Waals surface area contributed by atoms with Crippen molar-refractivity contribution in [3.05, 3.63) is 15.6 Å². The van der Waals surface area contributed by atoms with Gasteiger partial charge in [0.1, 0.15) is 0 Å². The first-order valence-corrected chi connectivity index (χ1v) is 7.52. The highest BCUT2D eigenvalue weighted by Crippen LogP contribution is 2.36. The molecule has 0 N–H and O–H groups in total. The molecule has 2 rings (SSSR count). The van der Waals surface area contributed by atoms with Crippen molar-refractivity contribution in [2.24, 2.45) is 0 Å². The first-order chi connectivity index (χ1) is 8.35. The lowest BCUT2D eigenvalue weighted by atomic mass is 9.90. The van der Waals surface area contributed by atoms with Crippen LogP contribution in [0.5, 0.6) is 0 Å². The standard InChI is InChI=1S/C14H20N2S/c1-2-6-12-13(9-10-15)17-14(16-12)11-7-4-3-5-8-11/h11H,2-9H2,1H3. The second-order valence-corrected chi connectivity index (χ2v) is 5.96. The average Bonchev–Trinajstić information content (AvgIpc) is 2.75. The summed E-state index contributed by atoms with van der Waals surface area (Å²) in [7, 11) is 0. The van der Waals surface area contributed by atoms with Crippen molar-refractivity contribution in [2.75, 3.05) is 0 Å². The van der Waals surface area contributed by atoms with Gasteiger partial charge in [-0.15, -0.1) is 11.3 Å². The van der Waals surface area contributed by atoms with Gasteiger partial charge >= 0.3 is 0 Å². The van der Waals surface area contributed by atoms with E-state index in [2.05, 4.69) is 13.0 Å². The van der Waals surface area contributed by atoms with Crippen LogP contribution in [-0.2, 0) is 12.8 Å². The van der Waals surface area contributed by atoms with Crippen molar-refractivity contribution >= 4 is 11.3 Å². The first kappa shape index (κ1) is 12.6. The Hall–Kier alpha value is -0.880. The summed E-state index contributed by atoms with van der Waals surface area (Å²) in [5.74, 6) is 0.678. The maximum atomic E-state index is 8.86. The normalized spacial score (nSPS) is 16.9. The number of thiazole rings is 1. The van der Waals surface area contributed by atoms with Crippen molar-refractivity contribution in [2.45, 2.75) is 64.2 Å². The topological polar surface area (TPSA) is 36.7 Å². The van der Waals surface area contributed by atoms with Crippen LogP contribution in [0.3, 0.4) is 0 Å². The maximum absolute atomic E-state index is 8.86. The van der Waals surface area contributed by atoms with Crippen LogP contribution >= 0.6 is 11.3 Å². The maximum Gasteiger partial charge on any atom is 0.0962 e. The third-order valence-corrected chi connectivity index (χ3v) is 4.74. The fourth-order valence-corrected chi connectivity index (χ4v) is 3.78. The smallest absolute Gasteiger partial charge is 0.0962 e. The zero-order chi connectivity index (χ0) is 12.1.